The van der Waals surface area contributed by atoms with Crippen LogP contribution < -0.4 is 32.7 Å². The summed E-state index contributed by atoms with van der Waals surface area (Å²) in [7, 11) is 0. The third-order valence-electron chi connectivity index (χ3n) is 1.18. The highest BCUT2D eigenvalue weighted by Gasteiger charge is 1.86. The minimum Gasteiger partial charge on any atom is -0.872 e. The number of nitrogens with two attached hydrogens (primary N) is 4. The predicted octanol–water partition coefficient (Wildman–Crippen LogP) is -4.96. The van der Waals surface area contributed by atoms with Gasteiger partial charge in [-0.15, -0.1) is 0 Å². The van der Waals surface area contributed by atoms with Crippen molar-refractivity contribution in [3.8, 4) is 0 Å². The van der Waals surface area contributed by atoms with Gasteiger partial charge in [0.1, 0.15) is 0 Å². The maximum Gasteiger partial charge on any atom is 0.0996 e. The van der Waals surface area contributed by atoms with Crippen LogP contribution in [0.5, 0.6) is 0 Å². The Kier molecular flexibility index (Phi) is 6.02. The molecule has 8 N–H and O–H groups in total. The fraction of sp³-hybridized carbons (Fsp3) is 0.333. The molecule has 0 amide bonds. The van der Waals surface area contributed by atoms with Crippen LogP contribution in [-0.4, -0.2) is 0 Å². The van der Waals surface area contributed by atoms with Crippen LogP contribution in [-0.2, 0) is 0 Å². The van der Waals surface area contributed by atoms with E-state index in [0.29, 0.717) is 0 Å². The highest BCUT2D eigenvalue weighted by molar-refractivity contribution is 4.89. The Labute approximate surface area is 70.5 Å². The molecule has 0 atom stereocenters. The molecule has 0 aliphatic carbocycles. The van der Waals surface area contributed by atoms with Gasteiger partial charge in [0, 0.05) is 0 Å². The first-order valence-corrected chi connectivity index (χ1v) is 3.53. The van der Waals surface area contributed by atoms with Crippen LogP contribution in [0.25, 0.3) is 0 Å². The molecular formula is C6H14N4O2. The second-order valence-electron chi connectivity index (χ2n) is 2.15. The summed E-state index contributed by atoms with van der Waals surface area (Å²) in [6.45, 7) is 0. The van der Waals surface area contributed by atoms with Crippen molar-refractivity contribution < 1.29 is 21.1 Å². The molecule has 0 heterocycles. The normalized spacial score (nSPS) is 13.5. The maximum absolute atomic E-state index is 10.8. The van der Waals surface area contributed by atoms with E-state index in [-0.39, 0.29) is 24.4 Å². The number of quaternary nitrogens is 2. The zero-order chi connectivity index (χ0) is 9.40. The molecule has 0 aliphatic rings. The number of allylic oxidation sites excluding steroid dienone is 2. The Hall–Kier alpha value is -1.08. The molecule has 6 heteroatoms. The minimum absolute atomic E-state index is 0.156. The molecule has 0 bridgehead atoms. The molecule has 70 valence electrons. The highest BCUT2D eigenvalue weighted by atomic mass is 16.3. The standard InChI is InChI=1S/C6H14N4O2/c7-9-3-5(11)1-2-6(12)4-10-8/h3-4,9-12H,1-2,7-8H2. The van der Waals surface area contributed by atoms with Gasteiger partial charge in [0.25, 0.3) is 0 Å². The van der Waals surface area contributed by atoms with Crippen LogP contribution in [0.2, 0.25) is 0 Å². The summed E-state index contributed by atoms with van der Waals surface area (Å²) < 4.78 is 0. The van der Waals surface area contributed by atoms with Gasteiger partial charge in [-0.1, -0.05) is 11.5 Å². The molecule has 0 saturated heterocycles. The summed E-state index contributed by atoms with van der Waals surface area (Å²) in [5.74, 6) is 9.64. The fourth-order valence-electron chi connectivity index (χ4n) is 0.628. The molecule has 0 aliphatic heterocycles. The van der Waals surface area contributed by atoms with E-state index in [1.54, 1.807) is 0 Å². The lowest BCUT2D eigenvalue weighted by Crippen LogP contribution is -2.86. The van der Waals surface area contributed by atoms with E-state index in [9.17, 15) is 10.2 Å². The molecule has 0 saturated carbocycles. The molecular weight excluding hydrogens is 160 g/mol. The van der Waals surface area contributed by atoms with E-state index in [0.717, 1.165) is 10.9 Å². The lowest BCUT2D eigenvalue weighted by molar-refractivity contribution is -0.607. The van der Waals surface area contributed by atoms with E-state index in [1.807, 2.05) is 0 Å². The van der Waals surface area contributed by atoms with Crippen LogP contribution >= 0.6 is 0 Å². The molecule has 0 unspecified atom stereocenters. The maximum atomic E-state index is 10.8. The third kappa shape index (κ3) is 5.69. The van der Waals surface area contributed by atoms with Gasteiger partial charge in [0.2, 0.25) is 0 Å². The van der Waals surface area contributed by atoms with Crippen molar-refractivity contribution in [2.45, 2.75) is 12.8 Å². The molecule has 6 nitrogen and oxygen atoms in total. The Bertz CT molecular complexity index is 158. The Morgan fingerprint density at radius 1 is 1.00 bits per heavy atom. The number of hydrogen-bond acceptors (Lipinski definition) is 4. The van der Waals surface area contributed by atoms with Crippen LogP contribution in [0.15, 0.2) is 23.9 Å². The Morgan fingerprint density at radius 2 is 1.33 bits per heavy atom. The lowest BCUT2D eigenvalue weighted by atomic mass is 10.2. The molecule has 0 aromatic carbocycles. The van der Waals surface area contributed by atoms with Crippen molar-refractivity contribution in [1.82, 2.24) is 0 Å². The Balaban J connectivity index is 3.68. The summed E-state index contributed by atoms with van der Waals surface area (Å²) in [4.78, 5) is 0. The predicted molar refractivity (Wildman–Crippen MR) is 37.6 cm³/mol. The zero-order valence-corrected chi connectivity index (χ0v) is 6.69. The van der Waals surface area contributed by atoms with Crippen molar-refractivity contribution in [3.63, 3.8) is 0 Å². The van der Waals surface area contributed by atoms with Gasteiger partial charge < -0.3 is 10.2 Å². The molecule has 0 radical (unpaired) electrons. The third-order valence-corrected chi connectivity index (χ3v) is 1.18. The SMILES string of the molecule is N[NH2+]C=C([O-])CCC([O-])=C[NH2+]N. The topological polar surface area (TPSA) is 131 Å². The molecule has 0 aromatic heterocycles. The number of rotatable bonds is 5. The van der Waals surface area contributed by atoms with Crippen LogP contribution in [0, 0.1) is 0 Å². The second kappa shape index (κ2) is 6.62. The van der Waals surface area contributed by atoms with Gasteiger partial charge in [-0.25, -0.2) is 10.9 Å². The van der Waals surface area contributed by atoms with E-state index in [1.165, 1.54) is 12.4 Å². The summed E-state index contributed by atoms with van der Waals surface area (Å²) in [5, 5.41) is 21.6. The Morgan fingerprint density at radius 3 is 1.58 bits per heavy atom. The first-order valence-electron chi connectivity index (χ1n) is 3.53. The first kappa shape index (κ1) is 10.9. The molecule has 0 rings (SSSR count). The average Bonchev–Trinajstić information content (AvgIpc) is 2.02. The van der Waals surface area contributed by atoms with Gasteiger partial charge >= 0.3 is 0 Å². The first-order chi connectivity index (χ1) is 5.70. The quantitative estimate of drug-likeness (QED) is 0.189. The van der Waals surface area contributed by atoms with Crippen molar-refractivity contribution in [2.75, 3.05) is 0 Å². The van der Waals surface area contributed by atoms with E-state index in [2.05, 4.69) is 0 Å². The van der Waals surface area contributed by atoms with Gasteiger partial charge in [-0.2, -0.15) is 11.7 Å². The fourth-order valence-corrected chi connectivity index (χ4v) is 0.628. The van der Waals surface area contributed by atoms with Crippen molar-refractivity contribution in [3.05, 3.63) is 23.9 Å². The van der Waals surface area contributed by atoms with Crippen LogP contribution in [0.1, 0.15) is 12.8 Å². The largest absolute Gasteiger partial charge is 0.872 e. The zero-order valence-electron chi connectivity index (χ0n) is 6.69. The van der Waals surface area contributed by atoms with Gasteiger partial charge in [-0.3, -0.25) is 0 Å². The summed E-state index contributed by atoms with van der Waals surface area (Å²) in [6.07, 6.45) is 2.83. The summed E-state index contributed by atoms with van der Waals surface area (Å²) in [5.41, 5.74) is 2.32. The van der Waals surface area contributed by atoms with E-state index in [4.69, 9.17) is 11.7 Å². The van der Waals surface area contributed by atoms with E-state index >= 15 is 0 Å². The van der Waals surface area contributed by atoms with Crippen LogP contribution in [0.4, 0.5) is 0 Å². The molecule has 12 heavy (non-hydrogen) atoms. The molecule has 0 spiro atoms. The van der Waals surface area contributed by atoms with Crippen molar-refractivity contribution >= 4 is 0 Å². The summed E-state index contributed by atoms with van der Waals surface area (Å²) >= 11 is 0. The molecule has 0 aromatic rings. The number of hydrogen-bond donors (Lipinski definition) is 4. The van der Waals surface area contributed by atoms with Gasteiger partial charge in [-0.05, 0) is 12.8 Å². The van der Waals surface area contributed by atoms with Crippen molar-refractivity contribution in [1.29, 1.82) is 0 Å². The van der Waals surface area contributed by atoms with E-state index < -0.39 is 0 Å². The highest BCUT2D eigenvalue weighted by Crippen LogP contribution is 1.99. The van der Waals surface area contributed by atoms with Gasteiger partial charge in [0.15, 0.2) is 0 Å². The monoisotopic (exact) mass is 174 g/mol. The average molecular weight is 174 g/mol. The van der Waals surface area contributed by atoms with Gasteiger partial charge in [0.05, 0.1) is 12.4 Å². The minimum atomic E-state index is -0.156. The lowest BCUT2D eigenvalue weighted by Gasteiger charge is -2.12. The summed E-state index contributed by atoms with van der Waals surface area (Å²) in [6, 6.07) is 0. The smallest absolute Gasteiger partial charge is 0.0996 e. The van der Waals surface area contributed by atoms with Crippen molar-refractivity contribution in [2.24, 2.45) is 11.7 Å². The molecule has 0 fully saturated rings. The van der Waals surface area contributed by atoms with Crippen LogP contribution in [0.3, 0.4) is 0 Å². The second-order valence-corrected chi connectivity index (χ2v) is 2.15.